The van der Waals surface area contributed by atoms with Crippen LogP contribution in [0.5, 0.6) is 5.75 Å². The van der Waals surface area contributed by atoms with E-state index in [1.165, 1.54) is 31.4 Å². The molecule has 6 heteroatoms. The van der Waals surface area contributed by atoms with Crippen molar-refractivity contribution in [3.63, 3.8) is 0 Å². The lowest BCUT2D eigenvalue weighted by Crippen LogP contribution is -2.58. The molecule has 1 amide bonds. The van der Waals surface area contributed by atoms with E-state index in [-0.39, 0.29) is 23.0 Å². The average molecular weight is 567 g/mol. The number of hydrogen-bond donors (Lipinski definition) is 2. The Morgan fingerprint density at radius 3 is 2.41 bits per heavy atom. The highest BCUT2D eigenvalue weighted by atomic mass is 16.5. The number of nitrogens with zero attached hydrogens (tertiary/aromatic N) is 2. The Labute approximate surface area is 247 Å². The van der Waals surface area contributed by atoms with Gasteiger partial charge in [0.25, 0.3) is 0 Å². The SMILES string of the molecule is COc1ccc(N2CCN(C(=O)CC[C@@H](C)[C@@H]3CC[C@@H]4[C@@H]5CC[C@H]6C[C@H](O)CC[C@]6(C)[C@@H]5C[C@H](O)[C@@]43C)CC2)cc1. The van der Waals surface area contributed by atoms with Crippen LogP contribution in [0.4, 0.5) is 5.69 Å². The van der Waals surface area contributed by atoms with Crippen molar-refractivity contribution < 1.29 is 19.7 Å². The molecule has 1 heterocycles. The number of anilines is 1. The van der Waals surface area contributed by atoms with Crippen molar-refractivity contribution in [2.24, 2.45) is 46.3 Å². The van der Waals surface area contributed by atoms with E-state index < -0.39 is 0 Å². The van der Waals surface area contributed by atoms with Gasteiger partial charge in [-0.2, -0.15) is 0 Å². The molecular formula is C35H54N2O4. The quantitative estimate of drug-likeness (QED) is 0.459. The van der Waals surface area contributed by atoms with Crippen molar-refractivity contribution in [1.29, 1.82) is 0 Å². The lowest BCUT2D eigenvalue weighted by atomic mass is 9.43. The monoisotopic (exact) mass is 566 g/mol. The fourth-order valence-corrected chi connectivity index (χ4v) is 10.9. The zero-order valence-electron chi connectivity index (χ0n) is 25.9. The predicted octanol–water partition coefficient (Wildman–Crippen LogP) is 5.75. The third-order valence-corrected chi connectivity index (χ3v) is 13.4. The number of rotatable bonds is 6. The number of fused-ring (bicyclic) bond motifs is 5. The van der Waals surface area contributed by atoms with Crippen LogP contribution in [0.3, 0.4) is 0 Å². The molecule has 5 fully saturated rings. The molecule has 10 atom stereocenters. The molecule has 228 valence electrons. The number of hydrogen-bond acceptors (Lipinski definition) is 5. The number of carbonyl (C=O) groups is 1. The molecule has 0 bridgehead atoms. The number of piperazine rings is 1. The van der Waals surface area contributed by atoms with E-state index in [1.807, 2.05) is 12.1 Å². The van der Waals surface area contributed by atoms with Crippen LogP contribution in [0, 0.1) is 46.3 Å². The van der Waals surface area contributed by atoms with E-state index in [9.17, 15) is 15.0 Å². The van der Waals surface area contributed by atoms with Crippen molar-refractivity contribution in [3.8, 4) is 5.75 Å². The molecule has 0 radical (unpaired) electrons. The number of aliphatic hydroxyl groups excluding tert-OH is 2. The molecule has 5 aliphatic rings. The minimum absolute atomic E-state index is 0.0367. The lowest BCUT2D eigenvalue weighted by Gasteiger charge is -2.62. The summed E-state index contributed by atoms with van der Waals surface area (Å²) in [6.45, 7) is 10.5. The minimum Gasteiger partial charge on any atom is -0.497 e. The molecule has 0 unspecified atom stereocenters. The van der Waals surface area contributed by atoms with Gasteiger partial charge in [0.2, 0.25) is 5.91 Å². The fraction of sp³-hybridized carbons (Fsp3) is 0.800. The highest BCUT2D eigenvalue weighted by Crippen LogP contribution is 2.68. The van der Waals surface area contributed by atoms with Gasteiger partial charge in [0.05, 0.1) is 19.3 Å². The van der Waals surface area contributed by atoms with E-state index in [2.05, 4.69) is 42.7 Å². The Bertz CT molecular complexity index is 1070. The van der Waals surface area contributed by atoms with Gasteiger partial charge < -0.3 is 24.7 Å². The first-order valence-electron chi connectivity index (χ1n) is 16.7. The number of ether oxygens (including phenoxy) is 1. The second-order valence-electron chi connectivity index (χ2n) is 15.0. The topological polar surface area (TPSA) is 73.2 Å². The molecule has 1 aromatic rings. The second kappa shape index (κ2) is 11.4. The summed E-state index contributed by atoms with van der Waals surface area (Å²) < 4.78 is 5.29. The minimum atomic E-state index is -0.257. The van der Waals surface area contributed by atoms with Gasteiger partial charge in [-0.1, -0.05) is 20.8 Å². The summed E-state index contributed by atoms with van der Waals surface area (Å²) in [6.07, 6.45) is 10.0. The maximum absolute atomic E-state index is 13.3. The summed E-state index contributed by atoms with van der Waals surface area (Å²) in [5, 5.41) is 22.2. The van der Waals surface area contributed by atoms with E-state index in [1.54, 1.807) is 7.11 Å². The van der Waals surface area contributed by atoms with Crippen LogP contribution in [0.25, 0.3) is 0 Å². The van der Waals surface area contributed by atoms with E-state index >= 15 is 0 Å². The maximum Gasteiger partial charge on any atom is 0.222 e. The average Bonchev–Trinajstić information content (AvgIpc) is 3.35. The van der Waals surface area contributed by atoms with Gasteiger partial charge in [0.15, 0.2) is 0 Å². The molecule has 41 heavy (non-hydrogen) atoms. The first kappa shape index (κ1) is 29.3. The number of carbonyl (C=O) groups excluding carboxylic acids is 1. The summed E-state index contributed by atoms with van der Waals surface area (Å²) in [5.74, 6) is 4.60. The molecule has 2 N–H and O–H groups in total. The molecule has 6 rings (SSSR count). The summed E-state index contributed by atoms with van der Waals surface area (Å²) in [6, 6.07) is 8.19. The van der Waals surface area contributed by atoms with Crippen molar-refractivity contribution >= 4 is 11.6 Å². The van der Waals surface area contributed by atoms with Crippen LogP contribution >= 0.6 is 0 Å². The summed E-state index contributed by atoms with van der Waals surface area (Å²) in [5.41, 5.74) is 1.43. The number of amides is 1. The van der Waals surface area contributed by atoms with Gasteiger partial charge in [0, 0.05) is 38.3 Å². The lowest BCUT2D eigenvalue weighted by molar-refractivity contribution is -0.175. The number of methoxy groups -OCH3 is 1. The van der Waals surface area contributed by atoms with Crippen LogP contribution in [0.2, 0.25) is 0 Å². The molecule has 6 nitrogen and oxygen atoms in total. The highest BCUT2D eigenvalue weighted by molar-refractivity contribution is 5.76. The van der Waals surface area contributed by atoms with Crippen LogP contribution in [-0.2, 0) is 4.79 Å². The first-order chi connectivity index (χ1) is 19.6. The van der Waals surface area contributed by atoms with Crippen LogP contribution in [0.15, 0.2) is 24.3 Å². The Morgan fingerprint density at radius 2 is 1.71 bits per heavy atom. The van der Waals surface area contributed by atoms with Gasteiger partial charge in [-0.05, 0) is 128 Å². The molecule has 1 saturated heterocycles. The van der Waals surface area contributed by atoms with E-state index in [4.69, 9.17) is 4.74 Å². The van der Waals surface area contributed by atoms with Crippen LogP contribution < -0.4 is 9.64 Å². The van der Waals surface area contributed by atoms with E-state index in [0.29, 0.717) is 47.8 Å². The number of benzene rings is 1. The molecule has 0 spiro atoms. The normalized spacial score (nSPS) is 41.3. The standard InChI is InChI=1S/C35H54N2O4/c1-23(5-14-33(40)37-19-17-36(18-20-37)25-7-9-27(41-4)10-8-25)29-12-13-30-28-11-6-24-21-26(38)15-16-34(24,2)31(28)22-32(39)35(29,30)3/h7-10,23-24,26,28-32,38-39H,5-6,11-22H2,1-4H3/t23-,24+,26-,28+,29+,30-,31-,32+,34+,35-/m1/s1. The van der Waals surface area contributed by atoms with Crippen molar-refractivity contribution in [3.05, 3.63) is 24.3 Å². The van der Waals surface area contributed by atoms with Crippen LogP contribution in [-0.4, -0.2) is 66.5 Å². The molecular weight excluding hydrogens is 512 g/mol. The van der Waals surface area contributed by atoms with Crippen LogP contribution in [0.1, 0.15) is 85.0 Å². The maximum atomic E-state index is 13.3. The molecule has 1 aliphatic heterocycles. The summed E-state index contributed by atoms with van der Waals surface area (Å²) in [7, 11) is 1.69. The Kier molecular flexibility index (Phi) is 8.12. The largest absolute Gasteiger partial charge is 0.497 e. The predicted molar refractivity (Wildman–Crippen MR) is 163 cm³/mol. The Morgan fingerprint density at radius 1 is 0.976 bits per heavy atom. The molecule has 4 saturated carbocycles. The fourth-order valence-electron chi connectivity index (χ4n) is 10.9. The van der Waals surface area contributed by atoms with Gasteiger partial charge in [-0.25, -0.2) is 0 Å². The number of aliphatic hydroxyl groups is 2. The van der Waals surface area contributed by atoms with Crippen molar-refractivity contribution in [1.82, 2.24) is 4.90 Å². The smallest absolute Gasteiger partial charge is 0.222 e. The van der Waals surface area contributed by atoms with Gasteiger partial charge in [-0.15, -0.1) is 0 Å². The van der Waals surface area contributed by atoms with Gasteiger partial charge >= 0.3 is 0 Å². The zero-order chi connectivity index (χ0) is 28.9. The molecule has 0 aromatic heterocycles. The Balaban J connectivity index is 1.04. The van der Waals surface area contributed by atoms with Crippen molar-refractivity contribution in [2.75, 3.05) is 38.2 Å². The first-order valence-corrected chi connectivity index (χ1v) is 16.7. The third kappa shape index (κ3) is 5.09. The van der Waals surface area contributed by atoms with E-state index in [0.717, 1.165) is 64.0 Å². The summed E-state index contributed by atoms with van der Waals surface area (Å²) in [4.78, 5) is 17.7. The molecule has 4 aliphatic carbocycles. The third-order valence-electron chi connectivity index (χ3n) is 13.4. The summed E-state index contributed by atoms with van der Waals surface area (Å²) >= 11 is 0. The van der Waals surface area contributed by atoms with Gasteiger partial charge in [0.1, 0.15) is 5.75 Å². The highest BCUT2D eigenvalue weighted by Gasteiger charge is 2.63. The zero-order valence-corrected chi connectivity index (χ0v) is 25.9. The van der Waals surface area contributed by atoms with Crippen molar-refractivity contribution in [2.45, 2.75) is 97.2 Å². The molecule has 1 aromatic carbocycles. The van der Waals surface area contributed by atoms with Gasteiger partial charge in [-0.3, -0.25) is 4.79 Å². The Hall–Kier alpha value is -1.79. The second-order valence-corrected chi connectivity index (χ2v) is 15.0.